The fourth-order valence-electron chi connectivity index (χ4n) is 2.27. The van der Waals surface area contributed by atoms with Gasteiger partial charge >= 0.3 is 0 Å². The average molecular weight is 298 g/mol. The van der Waals surface area contributed by atoms with E-state index in [1.54, 1.807) is 18.3 Å². The highest BCUT2D eigenvalue weighted by molar-refractivity contribution is 6.35. The van der Waals surface area contributed by atoms with Crippen LogP contribution < -0.4 is 5.32 Å². The van der Waals surface area contributed by atoms with Crippen LogP contribution in [-0.4, -0.2) is 4.98 Å². The van der Waals surface area contributed by atoms with E-state index in [0.29, 0.717) is 23.1 Å². The first-order valence-corrected chi connectivity index (χ1v) is 6.83. The molecule has 4 nitrogen and oxygen atoms in total. The summed E-state index contributed by atoms with van der Waals surface area (Å²) in [6.45, 7) is 2.44. The van der Waals surface area contributed by atoms with E-state index in [1.165, 1.54) is 0 Å². The fourth-order valence-corrected chi connectivity index (χ4v) is 2.60. The van der Waals surface area contributed by atoms with Crippen LogP contribution in [0.25, 0.3) is 10.9 Å². The van der Waals surface area contributed by atoms with Crippen molar-refractivity contribution < 1.29 is 4.42 Å². The van der Waals surface area contributed by atoms with Crippen molar-refractivity contribution in [2.24, 2.45) is 0 Å². The number of rotatable bonds is 3. The Morgan fingerprint density at radius 1 is 1.38 bits per heavy atom. The fraction of sp³-hybridized carbons (Fsp3) is 0.125. The van der Waals surface area contributed by atoms with Crippen LogP contribution in [0.3, 0.4) is 0 Å². The van der Waals surface area contributed by atoms with Gasteiger partial charge in [0.05, 0.1) is 22.8 Å². The maximum atomic E-state index is 8.76. The predicted octanol–water partition coefficient (Wildman–Crippen LogP) is 4.27. The number of pyridine rings is 1. The van der Waals surface area contributed by atoms with Crippen LogP contribution in [0.4, 0.5) is 5.69 Å². The molecule has 0 saturated heterocycles. The van der Waals surface area contributed by atoms with Crippen LogP contribution in [-0.2, 0) is 6.54 Å². The van der Waals surface area contributed by atoms with Gasteiger partial charge in [-0.2, -0.15) is 5.26 Å². The maximum Gasteiger partial charge on any atom is 0.203 e. The number of nitrogens with one attached hydrogen (secondary N) is 1. The Morgan fingerprint density at radius 2 is 2.24 bits per heavy atom. The first kappa shape index (κ1) is 13.5. The molecule has 2 aromatic heterocycles. The summed E-state index contributed by atoms with van der Waals surface area (Å²) in [6.07, 6.45) is 1.76. The number of fused-ring (bicyclic) bond motifs is 1. The summed E-state index contributed by atoms with van der Waals surface area (Å²) in [7, 11) is 0. The Bertz CT molecular complexity index is 848. The maximum absolute atomic E-state index is 8.76. The molecule has 0 saturated carbocycles. The number of hydrogen-bond acceptors (Lipinski definition) is 4. The van der Waals surface area contributed by atoms with Crippen LogP contribution in [0.5, 0.6) is 0 Å². The monoisotopic (exact) mass is 297 g/mol. The lowest BCUT2D eigenvalue weighted by molar-refractivity contribution is 0.506. The standard InChI is InChI=1S/C16H12ClN3O/c1-10-7-14(17)16(13-3-2-6-19-15(10)13)20-9-12-5-4-11(8-18)21-12/h2-7,20H,9H2,1H3. The number of aromatic nitrogens is 1. The predicted molar refractivity (Wildman–Crippen MR) is 82.2 cm³/mol. The Labute approximate surface area is 127 Å². The minimum atomic E-state index is 0.299. The quantitative estimate of drug-likeness (QED) is 0.784. The second-order valence-electron chi connectivity index (χ2n) is 4.68. The third-order valence-corrected chi connectivity index (χ3v) is 3.54. The zero-order valence-corrected chi connectivity index (χ0v) is 12.1. The smallest absolute Gasteiger partial charge is 0.203 e. The van der Waals surface area contributed by atoms with Crippen molar-refractivity contribution in [3.8, 4) is 6.07 Å². The summed E-state index contributed by atoms with van der Waals surface area (Å²) in [4.78, 5) is 4.39. The van der Waals surface area contributed by atoms with E-state index in [2.05, 4.69) is 10.3 Å². The summed E-state index contributed by atoms with van der Waals surface area (Å²) in [5.74, 6) is 0.980. The van der Waals surface area contributed by atoms with Crippen molar-refractivity contribution >= 4 is 28.2 Å². The second-order valence-corrected chi connectivity index (χ2v) is 5.09. The summed E-state index contributed by atoms with van der Waals surface area (Å²) in [6, 6.07) is 11.1. The van der Waals surface area contributed by atoms with Gasteiger partial charge in [-0.15, -0.1) is 0 Å². The van der Waals surface area contributed by atoms with Gasteiger partial charge in [0.2, 0.25) is 5.76 Å². The largest absolute Gasteiger partial charge is 0.449 e. The summed E-state index contributed by atoms with van der Waals surface area (Å²) >= 11 is 6.33. The molecule has 2 heterocycles. The third kappa shape index (κ3) is 2.56. The molecule has 0 atom stereocenters. The van der Waals surface area contributed by atoms with Gasteiger partial charge < -0.3 is 9.73 Å². The van der Waals surface area contributed by atoms with E-state index in [1.807, 2.05) is 31.2 Å². The lowest BCUT2D eigenvalue weighted by Gasteiger charge is -2.12. The molecule has 3 aromatic rings. The number of benzene rings is 1. The lowest BCUT2D eigenvalue weighted by Crippen LogP contribution is -2.00. The Hall–Kier alpha value is -2.51. The van der Waals surface area contributed by atoms with Crippen molar-refractivity contribution in [1.29, 1.82) is 5.26 Å². The zero-order valence-electron chi connectivity index (χ0n) is 11.4. The van der Waals surface area contributed by atoms with Gasteiger partial charge in [0.25, 0.3) is 0 Å². The number of hydrogen-bond donors (Lipinski definition) is 1. The molecule has 1 N–H and O–H groups in total. The summed E-state index contributed by atoms with van der Waals surface area (Å²) < 4.78 is 5.35. The van der Waals surface area contributed by atoms with Gasteiger partial charge in [0.1, 0.15) is 11.8 Å². The van der Waals surface area contributed by atoms with Gasteiger partial charge in [-0.3, -0.25) is 4.98 Å². The number of nitriles is 1. The van der Waals surface area contributed by atoms with Crippen LogP contribution in [0.1, 0.15) is 17.1 Å². The van der Waals surface area contributed by atoms with E-state index in [9.17, 15) is 0 Å². The minimum Gasteiger partial charge on any atom is -0.449 e. The molecule has 0 unspecified atom stereocenters. The minimum absolute atomic E-state index is 0.299. The number of furan rings is 1. The molecular formula is C16H12ClN3O. The number of aryl methyl sites for hydroxylation is 1. The molecule has 0 aliphatic carbocycles. The normalized spacial score (nSPS) is 10.5. The molecule has 21 heavy (non-hydrogen) atoms. The lowest BCUT2D eigenvalue weighted by atomic mass is 10.1. The van der Waals surface area contributed by atoms with Crippen LogP contribution in [0.15, 0.2) is 40.9 Å². The van der Waals surface area contributed by atoms with E-state index in [4.69, 9.17) is 21.3 Å². The molecule has 0 aliphatic rings. The molecular weight excluding hydrogens is 286 g/mol. The van der Waals surface area contributed by atoms with Gasteiger partial charge in [-0.05, 0) is 42.8 Å². The summed E-state index contributed by atoms with van der Waals surface area (Å²) in [5, 5.41) is 13.6. The molecule has 0 spiro atoms. The highest BCUT2D eigenvalue weighted by atomic mass is 35.5. The van der Waals surface area contributed by atoms with Crippen molar-refractivity contribution in [2.75, 3.05) is 5.32 Å². The SMILES string of the molecule is Cc1cc(Cl)c(NCc2ccc(C#N)o2)c2cccnc12. The van der Waals surface area contributed by atoms with Crippen molar-refractivity contribution in [3.63, 3.8) is 0 Å². The Morgan fingerprint density at radius 3 is 3.00 bits per heavy atom. The van der Waals surface area contributed by atoms with Gasteiger partial charge in [0.15, 0.2) is 0 Å². The molecule has 0 bridgehead atoms. The van der Waals surface area contributed by atoms with E-state index in [-0.39, 0.29) is 0 Å². The molecule has 0 amide bonds. The Kier molecular flexibility index (Phi) is 3.51. The first-order valence-electron chi connectivity index (χ1n) is 6.45. The van der Waals surface area contributed by atoms with Crippen molar-refractivity contribution in [3.05, 3.63) is 58.6 Å². The summed E-state index contributed by atoms with van der Waals surface area (Å²) in [5.41, 5.74) is 2.77. The molecule has 1 aromatic carbocycles. The van der Waals surface area contributed by atoms with Crippen LogP contribution >= 0.6 is 11.6 Å². The molecule has 0 aliphatic heterocycles. The highest BCUT2D eigenvalue weighted by Gasteiger charge is 2.10. The number of nitrogens with zero attached hydrogens (tertiary/aromatic N) is 2. The number of halogens is 1. The van der Waals surface area contributed by atoms with Crippen molar-refractivity contribution in [1.82, 2.24) is 4.98 Å². The van der Waals surface area contributed by atoms with Gasteiger partial charge in [-0.1, -0.05) is 11.6 Å². The van der Waals surface area contributed by atoms with E-state index in [0.717, 1.165) is 22.2 Å². The van der Waals surface area contributed by atoms with Crippen molar-refractivity contribution in [2.45, 2.75) is 13.5 Å². The van der Waals surface area contributed by atoms with E-state index < -0.39 is 0 Å². The average Bonchev–Trinajstić information content (AvgIpc) is 2.95. The van der Waals surface area contributed by atoms with Crippen LogP contribution in [0, 0.1) is 18.3 Å². The molecule has 0 radical (unpaired) electrons. The van der Waals surface area contributed by atoms with Gasteiger partial charge in [-0.25, -0.2) is 0 Å². The Balaban J connectivity index is 1.95. The molecule has 3 rings (SSSR count). The highest BCUT2D eigenvalue weighted by Crippen LogP contribution is 2.33. The van der Waals surface area contributed by atoms with Gasteiger partial charge in [0, 0.05) is 11.6 Å². The molecule has 5 heteroatoms. The topological polar surface area (TPSA) is 61.9 Å². The first-order chi connectivity index (χ1) is 10.2. The van der Waals surface area contributed by atoms with E-state index >= 15 is 0 Å². The molecule has 0 fully saturated rings. The second kappa shape index (κ2) is 5.47. The molecule has 104 valence electrons. The zero-order chi connectivity index (χ0) is 14.8. The van der Waals surface area contributed by atoms with Crippen LogP contribution in [0.2, 0.25) is 5.02 Å². The third-order valence-electron chi connectivity index (χ3n) is 3.24. The number of anilines is 1.